The van der Waals surface area contributed by atoms with E-state index in [0.29, 0.717) is 0 Å². The first kappa shape index (κ1) is 13.8. The quantitative estimate of drug-likeness (QED) is 0.843. The van der Waals surface area contributed by atoms with Crippen molar-refractivity contribution in [1.29, 1.82) is 0 Å². The van der Waals surface area contributed by atoms with Gasteiger partial charge < -0.3 is 5.32 Å². The topological polar surface area (TPSA) is 12.0 Å². The molecule has 0 radical (unpaired) electrons. The van der Waals surface area contributed by atoms with E-state index in [2.05, 4.69) is 24.4 Å². The highest BCUT2D eigenvalue weighted by molar-refractivity contribution is 5.29. The van der Waals surface area contributed by atoms with E-state index < -0.39 is 0 Å². The molecule has 2 rings (SSSR count). The van der Waals surface area contributed by atoms with Gasteiger partial charge in [0.1, 0.15) is 5.82 Å². The summed E-state index contributed by atoms with van der Waals surface area (Å²) >= 11 is 0. The van der Waals surface area contributed by atoms with Crippen molar-refractivity contribution in [2.75, 3.05) is 7.05 Å². The van der Waals surface area contributed by atoms with Crippen LogP contribution in [-0.4, -0.2) is 7.05 Å². The molecule has 0 aliphatic carbocycles. The maximum absolute atomic E-state index is 14.0. The van der Waals surface area contributed by atoms with E-state index in [9.17, 15) is 4.39 Å². The molecule has 0 aromatic heterocycles. The molecular weight excluding hydrogens is 237 g/mol. The SMILES string of the molecule is CCC(c1ccccc1)C(NC)c1ccccc1F. The van der Waals surface area contributed by atoms with Crippen molar-refractivity contribution in [3.05, 3.63) is 71.5 Å². The normalized spacial score (nSPS) is 14.1. The van der Waals surface area contributed by atoms with Gasteiger partial charge >= 0.3 is 0 Å². The minimum absolute atomic E-state index is 0.00593. The number of hydrogen-bond acceptors (Lipinski definition) is 1. The molecule has 2 aromatic rings. The monoisotopic (exact) mass is 257 g/mol. The first-order valence-electron chi connectivity index (χ1n) is 6.74. The molecule has 19 heavy (non-hydrogen) atoms. The summed E-state index contributed by atoms with van der Waals surface area (Å²) < 4.78 is 14.0. The van der Waals surface area contributed by atoms with Gasteiger partial charge in [-0.25, -0.2) is 4.39 Å². The van der Waals surface area contributed by atoms with Gasteiger partial charge in [0.15, 0.2) is 0 Å². The first-order valence-corrected chi connectivity index (χ1v) is 6.74. The van der Waals surface area contributed by atoms with Crippen molar-refractivity contribution >= 4 is 0 Å². The molecule has 1 N–H and O–H groups in total. The zero-order valence-electron chi connectivity index (χ0n) is 11.4. The molecule has 2 atom stereocenters. The molecule has 0 aliphatic heterocycles. The van der Waals surface area contributed by atoms with Crippen LogP contribution in [-0.2, 0) is 0 Å². The van der Waals surface area contributed by atoms with Crippen LogP contribution in [0.5, 0.6) is 0 Å². The summed E-state index contributed by atoms with van der Waals surface area (Å²) in [6.45, 7) is 2.14. The minimum atomic E-state index is -0.142. The van der Waals surface area contributed by atoms with Crippen LogP contribution < -0.4 is 5.32 Å². The fraction of sp³-hybridized carbons (Fsp3) is 0.294. The van der Waals surface area contributed by atoms with Gasteiger partial charge in [-0.05, 0) is 25.1 Å². The van der Waals surface area contributed by atoms with E-state index in [1.807, 2.05) is 37.4 Å². The third-order valence-corrected chi connectivity index (χ3v) is 3.62. The van der Waals surface area contributed by atoms with Crippen LogP contribution in [0, 0.1) is 5.82 Å². The smallest absolute Gasteiger partial charge is 0.127 e. The highest BCUT2D eigenvalue weighted by Gasteiger charge is 2.23. The lowest BCUT2D eigenvalue weighted by atomic mass is 9.85. The van der Waals surface area contributed by atoms with Crippen molar-refractivity contribution in [3.8, 4) is 0 Å². The molecule has 2 unspecified atom stereocenters. The van der Waals surface area contributed by atoms with Gasteiger partial charge in [0.05, 0.1) is 0 Å². The molecule has 0 amide bonds. The minimum Gasteiger partial charge on any atom is -0.312 e. The van der Waals surface area contributed by atoms with Gasteiger partial charge in [-0.2, -0.15) is 0 Å². The van der Waals surface area contributed by atoms with Gasteiger partial charge in [0.25, 0.3) is 0 Å². The van der Waals surface area contributed by atoms with Crippen LogP contribution in [0.4, 0.5) is 4.39 Å². The summed E-state index contributed by atoms with van der Waals surface area (Å²) in [6, 6.07) is 17.3. The van der Waals surface area contributed by atoms with Crippen LogP contribution >= 0.6 is 0 Å². The number of benzene rings is 2. The predicted molar refractivity (Wildman–Crippen MR) is 77.7 cm³/mol. The maximum Gasteiger partial charge on any atom is 0.127 e. The molecule has 1 nitrogen and oxygen atoms in total. The van der Waals surface area contributed by atoms with Crippen molar-refractivity contribution in [2.24, 2.45) is 0 Å². The molecule has 0 spiro atoms. The highest BCUT2D eigenvalue weighted by atomic mass is 19.1. The van der Waals surface area contributed by atoms with Crippen LogP contribution in [0.15, 0.2) is 54.6 Å². The number of halogens is 1. The maximum atomic E-state index is 14.0. The summed E-state index contributed by atoms with van der Waals surface area (Å²) in [4.78, 5) is 0. The third-order valence-electron chi connectivity index (χ3n) is 3.62. The molecular formula is C17H20FN. The van der Waals surface area contributed by atoms with E-state index >= 15 is 0 Å². The van der Waals surface area contributed by atoms with E-state index in [1.54, 1.807) is 6.07 Å². The lowest BCUT2D eigenvalue weighted by Gasteiger charge is -2.27. The largest absolute Gasteiger partial charge is 0.312 e. The van der Waals surface area contributed by atoms with Gasteiger partial charge in [0.2, 0.25) is 0 Å². The molecule has 0 fully saturated rings. The van der Waals surface area contributed by atoms with Crippen molar-refractivity contribution < 1.29 is 4.39 Å². The fourth-order valence-electron chi connectivity index (χ4n) is 2.66. The van der Waals surface area contributed by atoms with E-state index in [4.69, 9.17) is 0 Å². The van der Waals surface area contributed by atoms with Crippen molar-refractivity contribution in [1.82, 2.24) is 5.32 Å². The second-order valence-corrected chi connectivity index (χ2v) is 4.71. The number of hydrogen-bond donors (Lipinski definition) is 1. The van der Waals surface area contributed by atoms with Crippen LogP contribution in [0.1, 0.15) is 36.4 Å². The van der Waals surface area contributed by atoms with E-state index in [-0.39, 0.29) is 17.8 Å². The molecule has 2 aromatic carbocycles. The zero-order valence-corrected chi connectivity index (χ0v) is 11.4. The predicted octanol–water partition coefficient (Wildman–Crippen LogP) is 4.28. The average molecular weight is 257 g/mol. The van der Waals surface area contributed by atoms with E-state index in [1.165, 1.54) is 11.6 Å². The standard InChI is InChI=1S/C17H20FN/c1-3-14(13-9-5-4-6-10-13)17(19-2)15-11-7-8-12-16(15)18/h4-12,14,17,19H,3H2,1-2H3. The Morgan fingerprint density at radius 2 is 1.63 bits per heavy atom. The Hall–Kier alpha value is -1.67. The van der Waals surface area contributed by atoms with Crippen LogP contribution in [0.25, 0.3) is 0 Å². The Morgan fingerprint density at radius 1 is 1.00 bits per heavy atom. The highest BCUT2D eigenvalue weighted by Crippen LogP contribution is 2.34. The molecule has 0 saturated carbocycles. The third kappa shape index (κ3) is 3.02. The molecule has 0 bridgehead atoms. The second-order valence-electron chi connectivity index (χ2n) is 4.71. The Bertz CT molecular complexity index is 510. The Labute approximate surface area is 114 Å². The molecule has 0 aliphatic rings. The molecule has 0 saturated heterocycles. The summed E-state index contributed by atoms with van der Waals surface area (Å²) in [6.07, 6.45) is 0.962. The average Bonchev–Trinajstić information content (AvgIpc) is 2.46. The van der Waals surface area contributed by atoms with Crippen molar-refractivity contribution in [3.63, 3.8) is 0 Å². The summed E-state index contributed by atoms with van der Waals surface area (Å²) in [7, 11) is 1.89. The van der Waals surface area contributed by atoms with Gasteiger partial charge in [-0.3, -0.25) is 0 Å². The first-order chi connectivity index (χ1) is 9.27. The number of likely N-dealkylation sites (N-methyl/N-ethyl adjacent to an activating group) is 1. The van der Waals surface area contributed by atoms with Gasteiger partial charge in [-0.1, -0.05) is 55.5 Å². The van der Waals surface area contributed by atoms with Crippen molar-refractivity contribution in [2.45, 2.75) is 25.3 Å². The number of rotatable bonds is 5. The number of nitrogens with one attached hydrogen (secondary N) is 1. The zero-order chi connectivity index (χ0) is 13.7. The van der Waals surface area contributed by atoms with Crippen LogP contribution in [0.3, 0.4) is 0 Å². The Kier molecular flexibility index (Phi) is 4.69. The Balaban J connectivity index is 2.38. The summed E-state index contributed by atoms with van der Waals surface area (Å²) in [5.41, 5.74) is 1.98. The van der Waals surface area contributed by atoms with Gasteiger partial charge in [-0.15, -0.1) is 0 Å². The molecule has 2 heteroatoms. The lowest BCUT2D eigenvalue weighted by Crippen LogP contribution is -2.24. The summed E-state index contributed by atoms with van der Waals surface area (Å²) in [5, 5.41) is 3.27. The lowest BCUT2D eigenvalue weighted by molar-refractivity contribution is 0.447. The summed E-state index contributed by atoms with van der Waals surface area (Å²) in [5.74, 6) is 0.124. The molecule has 0 heterocycles. The second kappa shape index (κ2) is 6.48. The van der Waals surface area contributed by atoms with E-state index in [0.717, 1.165) is 12.0 Å². The Morgan fingerprint density at radius 3 is 2.21 bits per heavy atom. The van der Waals surface area contributed by atoms with Crippen LogP contribution in [0.2, 0.25) is 0 Å². The van der Waals surface area contributed by atoms with Gasteiger partial charge in [0, 0.05) is 17.5 Å². The fourth-order valence-corrected chi connectivity index (χ4v) is 2.66. The molecule has 100 valence electrons.